The highest BCUT2D eigenvalue weighted by atomic mass is 16.4. The summed E-state index contributed by atoms with van der Waals surface area (Å²) in [7, 11) is 0. The number of carboxylic acids is 1. The monoisotopic (exact) mass is 476 g/mol. The summed E-state index contributed by atoms with van der Waals surface area (Å²) < 4.78 is 0. The number of aliphatic carboxylic acids is 1. The lowest BCUT2D eigenvalue weighted by Gasteiger charge is -2.27. The lowest BCUT2D eigenvalue weighted by atomic mass is 9.98. The van der Waals surface area contributed by atoms with Crippen LogP contribution < -0.4 is 21.7 Å². The summed E-state index contributed by atoms with van der Waals surface area (Å²) in [5.41, 5.74) is 6.72. The average Bonchev–Trinajstić information content (AvgIpc) is 2.75. The molecule has 0 heterocycles. The Morgan fingerprint density at radius 2 is 1.35 bits per heavy atom. The number of carbonyl (C=O) groups excluding carboxylic acids is 3. The van der Waals surface area contributed by atoms with Gasteiger partial charge in [0.2, 0.25) is 17.7 Å². The van der Waals surface area contributed by atoms with Crippen molar-refractivity contribution < 1.29 is 24.3 Å². The Morgan fingerprint density at radius 3 is 1.82 bits per heavy atom. The van der Waals surface area contributed by atoms with Crippen molar-refractivity contribution in [2.45, 2.75) is 78.6 Å². The highest BCUT2D eigenvalue weighted by Gasteiger charge is 2.32. The molecule has 0 aliphatic rings. The first-order valence-corrected chi connectivity index (χ1v) is 11.8. The van der Waals surface area contributed by atoms with Crippen LogP contribution in [0.25, 0.3) is 0 Å². The van der Waals surface area contributed by atoms with Crippen LogP contribution in [-0.4, -0.2) is 53.0 Å². The van der Waals surface area contributed by atoms with Crippen molar-refractivity contribution in [3.8, 4) is 0 Å². The second kappa shape index (κ2) is 13.7. The summed E-state index contributed by atoms with van der Waals surface area (Å²) in [5, 5.41) is 17.5. The van der Waals surface area contributed by atoms with Gasteiger partial charge in [0, 0.05) is 6.42 Å². The first-order valence-electron chi connectivity index (χ1n) is 11.8. The molecule has 6 N–H and O–H groups in total. The fourth-order valence-corrected chi connectivity index (χ4v) is 3.37. The van der Waals surface area contributed by atoms with Gasteiger partial charge in [0.15, 0.2) is 0 Å². The summed E-state index contributed by atoms with van der Waals surface area (Å²) in [5.74, 6) is -3.05. The molecule has 0 fully saturated rings. The van der Waals surface area contributed by atoms with Crippen LogP contribution >= 0.6 is 0 Å². The Hall–Kier alpha value is -2.94. The minimum absolute atomic E-state index is 0.0502. The standard InChI is InChI=1S/C25H40N4O5/c1-14(2)12-19(25(33)34)28-22(30)18(13-17-10-8-7-9-11-17)27-24(32)21(16(5)6)29-23(31)20(26)15(3)4/h7-11,14-16,18-21H,12-13,26H2,1-6H3,(H,27,32)(H,28,30)(H,29,31)(H,33,34). The van der Waals surface area contributed by atoms with Gasteiger partial charge < -0.3 is 26.8 Å². The molecule has 0 saturated carbocycles. The van der Waals surface area contributed by atoms with E-state index in [2.05, 4.69) is 16.0 Å². The molecule has 0 aliphatic carbocycles. The molecule has 9 nitrogen and oxygen atoms in total. The summed E-state index contributed by atoms with van der Waals surface area (Å²) >= 11 is 0. The second-order valence-corrected chi connectivity index (χ2v) is 9.78. The third-order valence-electron chi connectivity index (χ3n) is 5.51. The van der Waals surface area contributed by atoms with E-state index in [1.165, 1.54) is 0 Å². The van der Waals surface area contributed by atoms with Gasteiger partial charge in [-0.3, -0.25) is 14.4 Å². The Labute approximate surface area is 202 Å². The molecule has 4 atom stereocenters. The number of hydrogen-bond donors (Lipinski definition) is 5. The van der Waals surface area contributed by atoms with Crippen LogP contribution in [-0.2, 0) is 25.6 Å². The molecule has 190 valence electrons. The van der Waals surface area contributed by atoms with Gasteiger partial charge in [-0.2, -0.15) is 0 Å². The van der Waals surface area contributed by atoms with Crippen molar-refractivity contribution >= 4 is 23.7 Å². The Bertz CT molecular complexity index is 826. The second-order valence-electron chi connectivity index (χ2n) is 9.78. The Morgan fingerprint density at radius 1 is 0.794 bits per heavy atom. The van der Waals surface area contributed by atoms with Gasteiger partial charge in [0.05, 0.1) is 6.04 Å². The first kappa shape index (κ1) is 29.1. The molecule has 0 aliphatic heterocycles. The zero-order valence-electron chi connectivity index (χ0n) is 21.0. The van der Waals surface area contributed by atoms with Crippen molar-refractivity contribution in [1.29, 1.82) is 0 Å². The molecule has 4 unspecified atom stereocenters. The molecular weight excluding hydrogens is 436 g/mol. The van der Waals surface area contributed by atoms with Gasteiger partial charge in [-0.05, 0) is 29.7 Å². The third-order valence-corrected chi connectivity index (χ3v) is 5.51. The number of nitrogens with two attached hydrogens (primary N) is 1. The number of nitrogens with one attached hydrogen (secondary N) is 3. The molecule has 9 heteroatoms. The van der Waals surface area contributed by atoms with E-state index in [9.17, 15) is 24.3 Å². The summed E-state index contributed by atoms with van der Waals surface area (Å²) in [6.45, 7) is 10.9. The summed E-state index contributed by atoms with van der Waals surface area (Å²) in [6.07, 6.45) is 0.418. The molecule has 34 heavy (non-hydrogen) atoms. The van der Waals surface area contributed by atoms with E-state index in [0.717, 1.165) is 5.56 Å². The Kier molecular flexibility index (Phi) is 11.7. The highest BCUT2D eigenvalue weighted by Crippen LogP contribution is 2.10. The van der Waals surface area contributed by atoms with Crippen molar-refractivity contribution in [3.63, 3.8) is 0 Å². The predicted octanol–water partition coefficient (Wildman–Crippen LogP) is 1.45. The molecule has 0 saturated heterocycles. The fraction of sp³-hybridized carbons (Fsp3) is 0.600. The number of rotatable bonds is 13. The van der Waals surface area contributed by atoms with Crippen molar-refractivity contribution in [2.24, 2.45) is 23.5 Å². The van der Waals surface area contributed by atoms with Crippen LogP contribution in [0.3, 0.4) is 0 Å². The quantitative estimate of drug-likeness (QED) is 0.291. The highest BCUT2D eigenvalue weighted by molar-refractivity contribution is 5.94. The number of hydrogen-bond acceptors (Lipinski definition) is 5. The molecule has 1 rings (SSSR count). The minimum atomic E-state index is -1.14. The van der Waals surface area contributed by atoms with Crippen LogP contribution in [0.1, 0.15) is 53.5 Å². The molecule has 1 aromatic carbocycles. The normalized spacial score (nSPS) is 14.9. The minimum Gasteiger partial charge on any atom is -0.480 e. The molecular formula is C25H40N4O5. The topological polar surface area (TPSA) is 151 Å². The fourth-order valence-electron chi connectivity index (χ4n) is 3.37. The Balaban J connectivity index is 3.10. The van der Waals surface area contributed by atoms with Crippen LogP contribution in [0.2, 0.25) is 0 Å². The van der Waals surface area contributed by atoms with E-state index in [4.69, 9.17) is 5.73 Å². The van der Waals surface area contributed by atoms with E-state index in [1.54, 1.807) is 13.8 Å². The summed E-state index contributed by atoms with van der Waals surface area (Å²) in [4.78, 5) is 50.4. The third kappa shape index (κ3) is 9.51. The zero-order valence-corrected chi connectivity index (χ0v) is 21.0. The van der Waals surface area contributed by atoms with Crippen molar-refractivity contribution in [2.75, 3.05) is 0 Å². The molecule has 0 radical (unpaired) electrons. The van der Waals surface area contributed by atoms with Gasteiger partial charge in [-0.1, -0.05) is 71.9 Å². The van der Waals surface area contributed by atoms with E-state index >= 15 is 0 Å². The molecule has 3 amide bonds. The smallest absolute Gasteiger partial charge is 0.326 e. The van der Waals surface area contributed by atoms with Crippen molar-refractivity contribution in [1.82, 2.24) is 16.0 Å². The molecule has 0 aromatic heterocycles. The molecule has 1 aromatic rings. The lowest BCUT2D eigenvalue weighted by Crippen LogP contribution is -2.59. The van der Waals surface area contributed by atoms with Gasteiger partial charge in [0.25, 0.3) is 0 Å². The maximum absolute atomic E-state index is 13.2. The van der Waals surface area contributed by atoms with E-state index in [1.807, 2.05) is 58.0 Å². The number of benzene rings is 1. The molecule has 0 bridgehead atoms. The predicted molar refractivity (Wildman–Crippen MR) is 131 cm³/mol. The van der Waals surface area contributed by atoms with Gasteiger partial charge >= 0.3 is 5.97 Å². The van der Waals surface area contributed by atoms with Crippen LogP contribution in [0.4, 0.5) is 0 Å². The molecule has 0 spiro atoms. The van der Waals surface area contributed by atoms with Crippen LogP contribution in [0.15, 0.2) is 30.3 Å². The number of amides is 3. The number of carbonyl (C=O) groups is 4. The first-order chi connectivity index (χ1) is 15.8. The van der Waals surface area contributed by atoms with E-state index in [-0.39, 0.29) is 30.6 Å². The van der Waals surface area contributed by atoms with Gasteiger partial charge in [-0.25, -0.2) is 4.79 Å². The summed E-state index contributed by atoms with van der Waals surface area (Å²) in [6, 6.07) is 5.32. The maximum atomic E-state index is 13.2. The zero-order chi connectivity index (χ0) is 26.0. The lowest BCUT2D eigenvalue weighted by molar-refractivity contribution is -0.142. The van der Waals surface area contributed by atoms with Crippen LogP contribution in [0, 0.1) is 17.8 Å². The van der Waals surface area contributed by atoms with E-state index in [0.29, 0.717) is 0 Å². The van der Waals surface area contributed by atoms with Gasteiger partial charge in [-0.15, -0.1) is 0 Å². The number of carboxylic acid groups (broad SMARTS) is 1. The van der Waals surface area contributed by atoms with Gasteiger partial charge in [0.1, 0.15) is 18.1 Å². The maximum Gasteiger partial charge on any atom is 0.326 e. The van der Waals surface area contributed by atoms with Crippen molar-refractivity contribution in [3.05, 3.63) is 35.9 Å². The SMILES string of the molecule is CC(C)CC(NC(=O)C(Cc1ccccc1)NC(=O)C(NC(=O)C(N)C(C)C)C(C)C)C(=O)O. The van der Waals surface area contributed by atoms with Crippen LogP contribution in [0.5, 0.6) is 0 Å². The van der Waals surface area contributed by atoms with E-state index < -0.39 is 47.9 Å². The largest absolute Gasteiger partial charge is 0.480 e. The average molecular weight is 477 g/mol.